The summed E-state index contributed by atoms with van der Waals surface area (Å²) in [6, 6.07) is 0. The van der Waals surface area contributed by atoms with Crippen molar-refractivity contribution >= 4 is 6.09 Å². The highest BCUT2D eigenvalue weighted by atomic mass is 16.6. The maximum Gasteiger partial charge on any atom is 0.410 e. The molecule has 1 fully saturated rings. The zero-order valence-electron chi connectivity index (χ0n) is 13.0. The molecule has 0 radical (unpaired) electrons. The van der Waals surface area contributed by atoms with Crippen LogP contribution in [0, 0.1) is 0 Å². The van der Waals surface area contributed by atoms with E-state index in [1.807, 2.05) is 27.8 Å². The molecule has 2 rings (SSSR count). The lowest BCUT2D eigenvalue weighted by Gasteiger charge is -2.34. The number of aromatic nitrogens is 2. The van der Waals surface area contributed by atoms with Crippen molar-refractivity contribution in [3.8, 4) is 5.75 Å². The number of hydrogen-bond acceptors (Lipinski definition) is 5. The second kappa shape index (κ2) is 6.34. The van der Waals surface area contributed by atoms with Crippen LogP contribution in [0.3, 0.4) is 0 Å². The van der Waals surface area contributed by atoms with Crippen molar-refractivity contribution in [3.63, 3.8) is 0 Å². The molecule has 0 aromatic carbocycles. The van der Waals surface area contributed by atoms with Crippen molar-refractivity contribution in [2.45, 2.75) is 32.5 Å². The van der Waals surface area contributed by atoms with Crippen molar-refractivity contribution in [2.24, 2.45) is 7.05 Å². The SMILES string of the molecule is Cn1cc(OC[C@H]2CN(C(=O)OC(C)(C)C)CCO2)cn1. The van der Waals surface area contributed by atoms with Crippen LogP contribution in [-0.2, 0) is 16.5 Å². The molecule has 1 aliphatic rings. The van der Waals surface area contributed by atoms with Gasteiger partial charge in [-0.1, -0.05) is 0 Å². The molecule has 1 aromatic heterocycles. The molecule has 0 saturated carbocycles. The molecule has 118 valence electrons. The van der Waals surface area contributed by atoms with Gasteiger partial charge in [-0.3, -0.25) is 4.68 Å². The van der Waals surface area contributed by atoms with Gasteiger partial charge in [0.2, 0.25) is 0 Å². The van der Waals surface area contributed by atoms with Crippen molar-refractivity contribution in [3.05, 3.63) is 12.4 Å². The van der Waals surface area contributed by atoms with Gasteiger partial charge in [0.1, 0.15) is 18.3 Å². The Morgan fingerprint density at radius 3 is 2.90 bits per heavy atom. The normalized spacial score (nSPS) is 19.4. The lowest BCUT2D eigenvalue weighted by Crippen LogP contribution is -2.49. The van der Waals surface area contributed by atoms with E-state index >= 15 is 0 Å². The third-order valence-electron chi connectivity index (χ3n) is 2.91. The molecule has 7 nitrogen and oxygen atoms in total. The number of ether oxygens (including phenoxy) is 3. The Balaban J connectivity index is 1.81. The van der Waals surface area contributed by atoms with E-state index in [2.05, 4.69) is 5.10 Å². The van der Waals surface area contributed by atoms with Gasteiger partial charge in [0.15, 0.2) is 5.75 Å². The fourth-order valence-electron chi connectivity index (χ4n) is 1.97. The first-order valence-electron chi connectivity index (χ1n) is 7.04. The maximum absolute atomic E-state index is 12.0. The third-order valence-corrected chi connectivity index (χ3v) is 2.91. The Morgan fingerprint density at radius 2 is 2.29 bits per heavy atom. The number of amides is 1. The van der Waals surface area contributed by atoms with Crippen LogP contribution in [0.15, 0.2) is 12.4 Å². The first-order chi connectivity index (χ1) is 9.83. The van der Waals surface area contributed by atoms with E-state index in [1.165, 1.54) is 0 Å². The Hall–Kier alpha value is -1.76. The molecule has 21 heavy (non-hydrogen) atoms. The summed E-state index contributed by atoms with van der Waals surface area (Å²) in [7, 11) is 1.83. The second-order valence-corrected chi connectivity index (χ2v) is 6.08. The summed E-state index contributed by atoms with van der Waals surface area (Å²) >= 11 is 0. The molecule has 1 aliphatic heterocycles. The van der Waals surface area contributed by atoms with Gasteiger partial charge in [0.05, 0.1) is 25.5 Å². The number of nitrogens with zero attached hydrogens (tertiary/aromatic N) is 3. The van der Waals surface area contributed by atoms with Crippen LogP contribution < -0.4 is 4.74 Å². The number of aryl methyl sites for hydroxylation is 1. The molecule has 0 aliphatic carbocycles. The topological polar surface area (TPSA) is 65.8 Å². The highest BCUT2D eigenvalue weighted by Crippen LogP contribution is 2.14. The van der Waals surface area contributed by atoms with Gasteiger partial charge in [-0.25, -0.2) is 4.79 Å². The van der Waals surface area contributed by atoms with E-state index < -0.39 is 5.60 Å². The first kappa shape index (κ1) is 15.6. The lowest BCUT2D eigenvalue weighted by molar-refractivity contribution is -0.0557. The number of hydrogen-bond donors (Lipinski definition) is 0. The highest BCUT2D eigenvalue weighted by Gasteiger charge is 2.28. The van der Waals surface area contributed by atoms with Crippen molar-refractivity contribution in [1.82, 2.24) is 14.7 Å². The van der Waals surface area contributed by atoms with Gasteiger partial charge in [-0.15, -0.1) is 0 Å². The van der Waals surface area contributed by atoms with E-state index in [0.717, 1.165) is 0 Å². The van der Waals surface area contributed by atoms with E-state index in [1.54, 1.807) is 22.0 Å². The smallest absolute Gasteiger partial charge is 0.410 e. The van der Waals surface area contributed by atoms with Crippen LogP contribution in [0.4, 0.5) is 4.79 Å². The van der Waals surface area contributed by atoms with E-state index in [4.69, 9.17) is 14.2 Å². The van der Waals surface area contributed by atoms with Crippen LogP contribution in [-0.4, -0.2) is 58.8 Å². The monoisotopic (exact) mass is 297 g/mol. The second-order valence-electron chi connectivity index (χ2n) is 6.08. The number of rotatable bonds is 3. The molecule has 7 heteroatoms. The van der Waals surface area contributed by atoms with Gasteiger partial charge in [0.25, 0.3) is 0 Å². The molecule has 0 spiro atoms. The van der Waals surface area contributed by atoms with Gasteiger partial charge in [-0.2, -0.15) is 5.10 Å². The van der Waals surface area contributed by atoms with Crippen LogP contribution >= 0.6 is 0 Å². The molecule has 1 amide bonds. The summed E-state index contributed by atoms with van der Waals surface area (Å²) in [5.74, 6) is 0.690. The number of carbonyl (C=O) groups excluding carboxylic acids is 1. The molecule has 2 heterocycles. The minimum atomic E-state index is -0.489. The largest absolute Gasteiger partial charge is 0.488 e. The molecule has 1 saturated heterocycles. The third kappa shape index (κ3) is 4.93. The quantitative estimate of drug-likeness (QED) is 0.844. The van der Waals surface area contributed by atoms with E-state index in [-0.39, 0.29) is 12.2 Å². The van der Waals surface area contributed by atoms with Crippen LogP contribution in [0.2, 0.25) is 0 Å². The molecule has 0 N–H and O–H groups in total. The van der Waals surface area contributed by atoms with Crippen LogP contribution in [0.25, 0.3) is 0 Å². The maximum atomic E-state index is 12.0. The fourth-order valence-corrected chi connectivity index (χ4v) is 1.97. The summed E-state index contributed by atoms with van der Waals surface area (Å²) in [6.07, 6.45) is 2.96. The lowest BCUT2D eigenvalue weighted by atomic mass is 10.2. The average Bonchev–Trinajstić information content (AvgIpc) is 2.81. The Bertz CT molecular complexity index is 481. The molecule has 1 aromatic rings. The Labute approximate surface area is 124 Å². The zero-order valence-corrected chi connectivity index (χ0v) is 13.0. The molecular formula is C14H23N3O4. The average molecular weight is 297 g/mol. The minimum Gasteiger partial charge on any atom is -0.488 e. The fraction of sp³-hybridized carbons (Fsp3) is 0.714. The Morgan fingerprint density at radius 1 is 1.52 bits per heavy atom. The predicted octanol–water partition coefficient (Wildman–Crippen LogP) is 1.43. The van der Waals surface area contributed by atoms with Gasteiger partial charge >= 0.3 is 6.09 Å². The summed E-state index contributed by atoms with van der Waals surface area (Å²) < 4.78 is 18.3. The van der Waals surface area contributed by atoms with Gasteiger partial charge in [-0.05, 0) is 20.8 Å². The minimum absolute atomic E-state index is 0.161. The standard InChI is InChI=1S/C14H23N3O4/c1-14(2,3)21-13(18)17-5-6-19-12(9-17)10-20-11-7-15-16(4)8-11/h7-8,12H,5-6,9-10H2,1-4H3/t12-/m1/s1. The number of morpholine rings is 1. The van der Waals surface area contributed by atoms with Gasteiger partial charge < -0.3 is 19.1 Å². The summed E-state index contributed by atoms with van der Waals surface area (Å²) in [5.41, 5.74) is -0.489. The zero-order chi connectivity index (χ0) is 15.5. The van der Waals surface area contributed by atoms with Crippen molar-refractivity contribution in [2.75, 3.05) is 26.3 Å². The predicted molar refractivity (Wildman–Crippen MR) is 76.3 cm³/mol. The van der Waals surface area contributed by atoms with E-state index in [9.17, 15) is 4.79 Å². The number of carbonyl (C=O) groups is 1. The molecular weight excluding hydrogens is 274 g/mol. The van der Waals surface area contributed by atoms with Crippen LogP contribution in [0.5, 0.6) is 5.75 Å². The first-order valence-corrected chi connectivity index (χ1v) is 7.04. The summed E-state index contributed by atoms with van der Waals surface area (Å²) in [6.45, 7) is 7.44. The highest BCUT2D eigenvalue weighted by molar-refractivity contribution is 5.68. The van der Waals surface area contributed by atoms with Crippen molar-refractivity contribution < 1.29 is 19.0 Å². The summed E-state index contributed by atoms with van der Waals surface area (Å²) in [5, 5.41) is 4.03. The Kier molecular flexibility index (Phi) is 4.72. The van der Waals surface area contributed by atoms with Crippen LogP contribution in [0.1, 0.15) is 20.8 Å². The molecule has 0 bridgehead atoms. The van der Waals surface area contributed by atoms with Gasteiger partial charge in [0, 0.05) is 13.6 Å². The van der Waals surface area contributed by atoms with E-state index in [0.29, 0.717) is 32.1 Å². The molecule has 0 unspecified atom stereocenters. The summed E-state index contributed by atoms with van der Waals surface area (Å²) in [4.78, 5) is 13.7. The van der Waals surface area contributed by atoms with Crippen molar-refractivity contribution in [1.29, 1.82) is 0 Å². The molecule has 1 atom stereocenters.